The molecule has 0 aliphatic carbocycles. The van der Waals surface area contributed by atoms with Crippen LogP contribution in [-0.2, 0) is 0 Å². The average molecular weight is 299 g/mol. The maximum atomic E-state index is 6.13. The Hall–Kier alpha value is -2.14. The van der Waals surface area contributed by atoms with E-state index in [1.165, 1.54) is 10.4 Å². The fourth-order valence-corrected chi connectivity index (χ4v) is 3.34. The van der Waals surface area contributed by atoms with Gasteiger partial charge in [0.15, 0.2) is 5.82 Å². The number of benzene rings is 1. The van der Waals surface area contributed by atoms with Crippen LogP contribution >= 0.6 is 11.3 Å². The number of aryl methyl sites for hydroxylation is 2. The van der Waals surface area contributed by atoms with Gasteiger partial charge in [0.05, 0.1) is 12.0 Å². The summed E-state index contributed by atoms with van der Waals surface area (Å²) in [7, 11) is 0. The Bertz CT molecular complexity index is 811. The largest absolute Gasteiger partial charge is 0.494 e. The molecule has 0 fully saturated rings. The third-order valence-corrected chi connectivity index (χ3v) is 4.56. The predicted molar refractivity (Wildman–Crippen MR) is 87.9 cm³/mol. The Labute approximate surface area is 127 Å². The molecule has 5 heteroatoms. The van der Waals surface area contributed by atoms with Crippen molar-refractivity contribution in [1.82, 2.24) is 9.97 Å². The molecule has 21 heavy (non-hydrogen) atoms. The summed E-state index contributed by atoms with van der Waals surface area (Å²) < 4.78 is 5.52. The van der Waals surface area contributed by atoms with Crippen LogP contribution in [0.1, 0.15) is 17.4 Å². The van der Waals surface area contributed by atoms with E-state index in [1.54, 1.807) is 11.3 Å². The number of fused-ring (bicyclic) bond motifs is 1. The zero-order valence-electron chi connectivity index (χ0n) is 12.3. The van der Waals surface area contributed by atoms with Gasteiger partial charge in [0.1, 0.15) is 16.4 Å². The van der Waals surface area contributed by atoms with Crippen molar-refractivity contribution >= 4 is 27.4 Å². The van der Waals surface area contributed by atoms with Crippen molar-refractivity contribution in [2.75, 3.05) is 12.3 Å². The Morgan fingerprint density at radius 3 is 2.81 bits per heavy atom. The highest BCUT2D eigenvalue weighted by Crippen LogP contribution is 2.34. The number of nitrogen functional groups attached to an aromatic ring is 1. The van der Waals surface area contributed by atoms with E-state index in [2.05, 4.69) is 23.8 Å². The summed E-state index contributed by atoms with van der Waals surface area (Å²) in [5, 5.41) is 0.974. The predicted octanol–water partition coefficient (Wildman–Crippen LogP) is 3.96. The summed E-state index contributed by atoms with van der Waals surface area (Å²) in [4.78, 5) is 11.3. The van der Waals surface area contributed by atoms with Crippen LogP contribution in [0, 0.1) is 13.8 Å². The molecule has 0 saturated heterocycles. The normalized spacial score (nSPS) is 11.0. The molecular weight excluding hydrogens is 282 g/mol. The average Bonchev–Trinajstić information content (AvgIpc) is 2.75. The molecule has 0 radical (unpaired) electrons. The van der Waals surface area contributed by atoms with Gasteiger partial charge in [-0.2, -0.15) is 0 Å². The highest BCUT2D eigenvalue weighted by atomic mass is 32.1. The van der Waals surface area contributed by atoms with Crippen molar-refractivity contribution in [3.05, 3.63) is 34.7 Å². The lowest BCUT2D eigenvalue weighted by Gasteiger charge is -2.06. The van der Waals surface area contributed by atoms with E-state index in [9.17, 15) is 0 Å². The fraction of sp³-hybridized carbons (Fsp3) is 0.250. The van der Waals surface area contributed by atoms with Gasteiger partial charge in [-0.25, -0.2) is 9.97 Å². The highest BCUT2D eigenvalue weighted by Gasteiger charge is 2.13. The van der Waals surface area contributed by atoms with Gasteiger partial charge < -0.3 is 10.5 Å². The van der Waals surface area contributed by atoms with Crippen LogP contribution in [0.5, 0.6) is 5.75 Å². The third kappa shape index (κ3) is 2.45. The molecule has 0 aliphatic heterocycles. The monoisotopic (exact) mass is 299 g/mol. The minimum absolute atomic E-state index is 0.540. The molecule has 0 aliphatic rings. The number of aromatic nitrogens is 2. The van der Waals surface area contributed by atoms with Crippen LogP contribution in [0.4, 0.5) is 5.82 Å². The van der Waals surface area contributed by atoms with Gasteiger partial charge in [-0.15, -0.1) is 11.3 Å². The molecule has 0 unspecified atom stereocenters. The Balaban J connectivity index is 2.15. The number of rotatable bonds is 3. The van der Waals surface area contributed by atoms with Gasteiger partial charge in [-0.3, -0.25) is 0 Å². The van der Waals surface area contributed by atoms with Crippen molar-refractivity contribution in [3.63, 3.8) is 0 Å². The molecule has 0 bridgehead atoms. The van der Waals surface area contributed by atoms with Crippen molar-refractivity contribution in [1.29, 1.82) is 0 Å². The molecule has 2 N–H and O–H groups in total. The van der Waals surface area contributed by atoms with E-state index in [-0.39, 0.29) is 0 Å². The molecule has 4 nitrogen and oxygen atoms in total. The van der Waals surface area contributed by atoms with Gasteiger partial charge in [-0.05, 0) is 38.5 Å². The van der Waals surface area contributed by atoms with Crippen molar-refractivity contribution in [2.24, 2.45) is 0 Å². The van der Waals surface area contributed by atoms with Gasteiger partial charge in [-0.1, -0.05) is 12.1 Å². The first-order valence-corrected chi connectivity index (χ1v) is 7.68. The lowest BCUT2D eigenvalue weighted by atomic mass is 10.2. The molecule has 108 valence electrons. The molecule has 0 amide bonds. The third-order valence-electron chi connectivity index (χ3n) is 3.46. The van der Waals surface area contributed by atoms with Crippen molar-refractivity contribution in [2.45, 2.75) is 20.8 Å². The van der Waals surface area contributed by atoms with E-state index in [4.69, 9.17) is 10.5 Å². The van der Waals surface area contributed by atoms with Crippen LogP contribution in [0.3, 0.4) is 0 Å². The van der Waals surface area contributed by atoms with Crippen molar-refractivity contribution < 1.29 is 4.74 Å². The first-order chi connectivity index (χ1) is 10.1. The molecular formula is C16H17N3OS. The van der Waals surface area contributed by atoms with Crippen molar-refractivity contribution in [3.8, 4) is 17.1 Å². The van der Waals surface area contributed by atoms with Crippen LogP contribution < -0.4 is 10.5 Å². The second kappa shape index (κ2) is 5.33. The van der Waals surface area contributed by atoms with E-state index in [0.29, 0.717) is 18.2 Å². The first-order valence-electron chi connectivity index (χ1n) is 6.86. The number of nitrogens with two attached hydrogens (primary N) is 1. The molecule has 3 rings (SSSR count). The summed E-state index contributed by atoms with van der Waals surface area (Å²) in [5.74, 6) is 2.00. The maximum absolute atomic E-state index is 6.13. The molecule has 3 aromatic rings. The Morgan fingerprint density at radius 1 is 1.24 bits per heavy atom. The quantitative estimate of drug-likeness (QED) is 0.795. The van der Waals surface area contributed by atoms with E-state index < -0.39 is 0 Å². The molecule has 0 spiro atoms. The number of nitrogens with zero attached hydrogens (tertiary/aromatic N) is 2. The summed E-state index contributed by atoms with van der Waals surface area (Å²) in [5.41, 5.74) is 8.21. The molecule has 0 atom stereocenters. The number of hydrogen-bond acceptors (Lipinski definition) is 5. The van der Waals surface area contributed by atoms with Gasteiger partial charge >= 0.3 is 0 Å². The minimum atomic E-state index is 0.540. The minimum Gasteiger partial charge on any atom is -0.494 e. The van der Waals surface area contributed by atoms with E-state index in [0.717, 1.165) is 21.5 Å². The summed E-state index contributed by atoms with van der Waals surface area (Å²) in [6.07, 6.45) is 0. The first kappa shape index (κ1) is 13.8. The SMILES string of the molecule is CCOc1cccc(-c2nc(N)c3c(C)c(C)sc3n2)c1. The Kier molecular flexibility index (Phi) is 3.51. The number of ether oxygens (including phenoxy) is 1. The maximum Gasteiger partial charge on any atom is 0.163 e. The molecule has 1 aromatic carbocycles. The molecule has 2 aromatic heterocycles. The standard InChI is InChI=1S/C16H17N3OS/c1-4-20-12-7-5-6-11(8-12)15-18-14(17)13-9(2)10(3)21-16(13)19-15/h5-8H,4H2,1-3H3,(H2,17,18,19). The zero-order chi connectivity index (χ0) is 15.0. The topological polar surface area (TPSA) is 61.0 Å². The second-order valence-electron chi connectivity index (χ2n) is 4.86. The van der Waals surface area contributed by atoms with Gasteiger partial charge in [0.2, 0.25) is 0 Å². The Morgan fingerprint density at radius 2 is 2.05 bits per heavy atom. The van der Waals surface area contributed by atoms with E-state index in [1.807, 2.05) is 31.2 Å². The smallest absolute Gasteiger partial charge is 0.163 e. The van der Waals surface area contributed by atoms with E-state index >= 15 is 0 Å². The number of anilines is 1. The highest BCUT2D eigenvalue weighted by molar-refractivity contribution is 7.18. The molecule has 0 saturated carbocycles. The van der Waals surface area contributed by atoms with Gasteiger partial charge in [0.25, 0.3) is 0 Å². The van der Waals surface area contributed by atoms with Crippen LogP contribution in [-0.4, -0.2) is 16.6 Å². The second-order valence-corrected chi connectivity index (χ2v) is 6.06. The van der Waals surface area contributed by atoms with Crippen LogP contribution in [0.2, 0.25) is 0 Å². The number of hydrogen-bond donors (Lipinski definition) is 1. The van der Waals surface area contributed by atoms with Gasteiger partial charge in [0, 0.05) is 10.4 Å². The zero-order valence-corrected chi connectivity index (χ0v) is 13.1. The lowest BCUT2D eigenvalue weighted by molar-refractivity contribution is 0.340. The summed E-state index contributed by atoms with van der Waals surface area (Å²) in [6, 6.07) is 7.77. The van der Waals surface area contributed by atoms with Crippen LogP contribution in [0.25, 0.3) is 21.6 Å². The lowest BCUT2D eigenvalue weighted by Crippen LogP contribution is -1.97. The summed E-state index contributed by atoms with van der Waals surface area (Å²) in [6.45, 7) is 6.74. The van der Waals surface area contributed by atoms with Crippen LogP contribution in [0.15, 0.2) is 24.3 Å². The fourth-order valence-electron chi connectivity index (χ4n) is 2.30. The summed E-state index contributed by atoms with van der Waals surface area (Å²) >= 11 is 1.65. The molecule has 2 heterocycles. The number of thiophene rings is 1.